The molecule has 5 heteroatoms. The molecule has 2 aromatic carbocycles. The van der Waals surface area contributed by atoms with E-state index in [4.69, 9.17) is 0 Å². The standard InChI is InChI=1S/C28H33N3O2/c32-27-24-13-7-6-12-23(24)25(26-22-11-5-4-8-20(22)14-15-31(26)27)28(33)30-18-16-29(17-19-30)21-9-2-1-3-10-21/h4-8,11-13,21,25-26H,1-3,9-10,14-19H2. The predicted octanol–water partition coefficient (Wildman–Crippen LogP) is 4.00. The maximum absolute atomic E-state index is 14.1. The van der Waals surface area contributed by atoms with E-state index >= 15 is 0 Å². The fourth-order valence-corrected chi connectivity index (χ4v) is 6.69. The zero-order chi connectivity index (χ0) is 22.4. The number of carbonyl (C=O) groups excluding carboxylic acids is 2. The Hall–Kier alpha value is -2.66. The van der Waals surface area contributed by atoms with Crippen LogP contribution in [0.2, 0.25) is 0 Å². The van der Waals surface area contributed by atoms with Gasteiger partial charge in [-0.15, -0.1) is 0 Å². The fourth-order valence-electron chi connectivity index (χ4n) is 6.69. The number of amides is 2. The van der Waals surface area contributed by atoms with Gasteiger partial charge in [0.1, 0.15) is 0 Å². The van der Waals surface area contributed by atoms with E-state index in [9.17, 15) is 9.59 Å². The Labute approximate surface area is 196 Å². The maximum atomic E-state index is 14.1. The Kier molecular flexibility index (Phi) is 5.45. The first-order valence-electron chi connectivity index (χ1n) is 12.7. The van der Waals surface area contributed by atoms with Crippen molar-refractivity contribution in [1.29, 1.82) is 0 Å². The molecule has 0 N–H and O–H groups in total. The van der Waals surface area contributed by atoms with Crippen molar-refractivity contribution in [3.05, 3.63) is 70.8 Å². The minimum atomic E-state index is -0.332. The number of nitrogens with zero attached hydrogens (tertiary/aromatic N) is 3. The summed E-state index contributed by atoms with van der Waals surface area (Å²) in [5, 5.41) is 0. The highest BCUT2D eigenvalue weighted by atomic mass is 16.2. The monoisotopic (exact) mass is 443 g/mol. The zero-order valence-electron chi connectivity index (χ0n) is 19.3. The summed E-state index contributed by atoms with van der Waals surface area (Å²) in [6.45, 7) is 4.18. The van der Waals surface area contributed by atoms with Gasteiger partial charge in [0.15, 0.2) is 0 Å². The molecule has 1 aliphatic carbocycles. The quantitative estimate of drug-likeness (QED) is 0.705. The molecule has 6 rings (SSSR count). The topological polar surface area (TPSA) is 43.9 Å². The molecule has 0 aromatic heterocycles. The molecular formula is C28H33N3O2. The van der Waals surface area contributed by atoms with E-state index in [0.717, 1.165) is 43.7 Å². The lowest BCUT2D eigenvalue weighted by Gasteiger charge is -2.47. The summed E-state index contributed by atoms with van der Waals surface area (Å²) in [5.74, 6) is -0.0807. The van der Waals surface area contributed by atoms with Crippen LogP contribution in [0.25, 0.3) is 0 Å². The Morgan fingerprint density at radius 2 is 1.48 bits per heavy atom. The van der Waals surface area contributed by atoms with Crippen molar-refractivity contribution in [2.24, 2.45) is 0 Å². The minimum absolute atomic E-state index is 0.0660. The first-order chi connectivity index (χ1) is 16.2. The van der Waals surface area contributed by atoms with Gasteiger partial charge in [-0.25, -0.2) is 0 Å². The Morgan fingerprint density at radius 1 is 0.788 bits per heavy atom. The Balaban J connectivity index is 1.31. The fraction of sp³-hybridized carbons (Fsp3) is 0.500. The summed E-state index contributed by atoms with van der Waals surface area (Å²) in [5.41, 5.74) is 4.02. The minimum Gasteiger partial charge on any atom is -0.340 e. The first-order valence-corrected chi connectivity index (χ1v) is 12.7. The third-order valence-electron chi connectivity index (χ3n) is 8.42. The van der Waals surface area contributed by atoms with Gasteiger partial charge in [0, 0.05) is 44.3 Å². The summed E-state index contributed by atoms with van der Waals surface area (Å²) < 4.78 is 0. The number of hydrogen-bond donors (Lipinski definition) is 0. The molecule has 3 heterocycles. The van der Waals surface area contributed by atoms with Gasteiger partial charge in [0.2, 0.25) is 5.91 Å². The second-order valence-corrected chi connectivity index (χ2v) is 10.1. The summed E-state index contributed by atoms with van der Waals surface area (Å²) in [4.78, 5) is 34.2. The van der Waals surface area contributed by atoms with Gasteiger partial charge in [-0.3, -0.25) is 14.5 Å². The van der Waals surface area contributed by atoms with Gasteiger partial charge in [-0.2, -0.15) is 0 Å². The molecule has 1 saturated carbocycles. The average molecular weight is 444 g/mol. The van der Waals surface area contributed by atoms with E-state index in [-0.39, 0.29) is 23.8 Å². The number of fused-ring (bicyclic) bond motifs is 4. The molecule has 3 aliphatic heterocycles. The van der Waals surface area contributed by atoms with Gasteiger partial charge < -0.3 is 9.80 Å². The number of hydrogen-bond acceptors (Lipinski definition) is 3. The second kappa shape index (κ2) is 8.60. The van der Waals surface area contributed by atoms with Crippen LogP contribution in [0.1, 0.15) is 71.1 Å². The smallest absolute Gasteiger partial charge is 0.254 e. The Bertz CT molecular complexity index is 1050. The van der Waals surface area contributed by atoms with Crippen LogP contribution < -0.4 is 0 Å². The van der Waals surface area contributed by atoms with Crippen molar-refractivity contribution in [1.82, 2.24) is 14.7 Å². The summed E-state index contributed by atoms with van der Waals surface area (Å²) in [6, 6.07) is 16.7. The Morgan fingerprint density at radius 3 is 2.27 bits per heavy atom. The van der Waals surface area contributed by atoms with Crippen LogP contribution in [0.5, 0.6) is 0 Å². The van der Waals surface area contributed by atoms with Gasteiger partial charge in [0.25, 0.3) is 5.91 Å². The van der Waals surface area contributed by atoms with Crippen LogP contribution in [0, 0.1) is 0 Å². The molecule has 4 aliphatic rings. The molecule has 2 atom stereocenters. The van der Waals surface area contributed by atoms with E-state index in [1.807, 2.05) is 35.2 Å². The van der Waals surface area contributed by atoms with E-state index in [2.05, 4.69) is 28.0 Å². The molecule has 1 saturated heterocycles. The molecule has 2 aromatic rings. The van der Waals surface area contributed by atoms with E-state index in [1.165, 1.54) is 37.7 Å². The highest BCUT2D eigenvalue weighted by Crippen LogP contribution is 2.46. The highest BCUT2D eigenvalue weighted by molar-refractivity contribution is 6.01. The molecule has 0 radical (unpaired) electrons. The largest absolute Gasteiger partial charge is 0.340 e. The highest BCUT2D eigenvalue weighted by Gasteiger charge is 2.47. The van der Waals surface area contributed by atoms with Crippen molar-refractivity contribution < 1.29 is 9.59 Å². The van der Waals surface area contributed by atoms with E-state index in [0.29, 0.717) is 18.2 Å². The molecule has 2 fully saturated rings. The molecule has 2 amide bonds. The molecule has 2 unspecified atom stereocenters. The normalized spacial score (nSPS) is 25.9. The van der Waals surface area contributed by atoms with E-state index < -0.39 is 0 Å². The molecule has 0 bridgehead atoms. The van der Waals surface area contributed by atoms with Crippen molar-refractivity contribution in [3.63, 3.8) is 0 Å². The van der Waals surface area contributed by atoms with Crippen molar-refractivity contribution >= 4 is 11.8 Å². The van der Waals surface area contributed by atoms with Gasteiger partial charge >= 0.3 is 0 Å². The SMILES string of the molecule is O=C(C1c2ccccc2C(=O)N2CCc3ccccc3C12)N1CCN(C2CCCCC2)CC1. The summed E-state index contributed by atoms with van der Waals surface area (Å²) in [7, 11) is 0. The van der Waals surface area contributed by atoms with Gasteiger partial charge in [0.05, 0.1) is 12.0 Å². The van der Waals surface area contributed by atoms with E-state index in [1.54, 1.807) is 0 Å². The van der Waals surface area contributed by atoms with Gasteiger partial charge in [-0.05, 0) is 42.0 Å². The second-order valence-electron chi connectivity index (χ2n) is 10.1. The van der Waals surface area contributed by atoms with Crippen LogP contribution >= 0.6 is 0 Å². The van der Waals surface area contributed by atoms with Crippen LogP contribution in [0.4, 0.5) is 0 Å². The number of carbonyl (C=O) groups is 2. The van der Waals surface area contributed by atoms with Crippen LogP contribution in [0.15, 0.2) is 48.5 Å². The molecule has 5 nitrogen and oxygen atoms in total. The van der Waals surface area contributed by atoms with Crippen LogP contribution in [-0.4, -0.2) is 65.3 Å². The van der Waals surface area contributed by atoms with Crippen LogP contribution in [0.3, 0.4) is 0 Å². The molecule has 0 spiro atoms. The zero-order valence-corrected chi connectivity index (χ0v) is 19.3. The average Bonchev–Trinajstić information content (AvgIpc) is 2.89. The summed E-state index contributed by atoms with van der Waals surface area (Å²) in [6.07, 6.45) is 7.51. The third-order valence-corrected chi connectivity index (χ3v) is 8.42. The first kappa shape index (κ1) is 20.9. The molecular weight excluding hydrogens is 410 g/mol. The molecule has 33 heavy (non-hydrogen) atoms. The molecule has 172 valence electrons. The van der Waals surface area contributed by atoms with Crippen molar-refractivity contribution in [3.8, 4) is 0 Å². The lowest BCUT2D eigenvalue weighted by atomic mass is 9.75. The van der Waals surface area contributed by atoms with Crippen molar-refractivity contribution in [2.45, 2.75) is 56.5 Å². The number of piperazine rings is 1. The lowest BCUT2D eigenvalue weighted by Crippen LogP contribution is -2.56. The summed E-state index contributed by atoms with van der Waals surface area (Å²) >= 11 is 0. The lowest BCUT2D eigenvalue weighted by molar-refractivity contribution is -0.137. The van der Waals surface area contributed by atoms with Crippen LogP contribution in [-0.2, 0) is 11.2 Å². The predicted molar refractivity (Wildman–Crippen MR) is 128 cm³/mol. The van der Waals surface area contributed by atoms with Gasteiger partial charge in [-0.1, -0.05) is 61.7 Å². The number of benzene rings is 2. The van der Waals surface area contributed by atoms with Crippen molar-refractivity contribution in [2.75, 3.05) is 32.7 Å². The maximum Gasteiger partial charge on any atom is 0.254 e. The number of rotatable bonds is 2. The third kappa shape index (κ3) is 3.57.